The van der Waals surface area contributed by atoms with Gasteiger partial charge in [0.1, 0.15) is 40.2 Å². The smallest absolute Gasteiger partial charge is 0.343 e. The topological polar surface area (TPSA) is 191 Å². The van der Waals surface area contributed by atoms with E-state index in [4.69, 9.17) is 29.9 Å². The van der Waals surface area contributed by atoms with Gasteiger partial charge in [-0.25, -0.2) is 14.4 Å². The van der Waals surface area contributed by atoms with E-state index in [0.29, 0.717) is 33.8 Å². The Bertz CT molecular complexity index is 1800. The molecule has 5 aromatic carbocycles. The lowest BCUT2D eigenvalue weighted by Crippen LogP contribution is -2.10. The molecule has 6 N–H and O–H groups in total. The van der Waals surface area contributed by atoms with Gasteiger partial charge in [-0.3, -0.25) is 0 Å². The number of phenolic OH excluding ortho intramolecular Hbond substituents is 5. The molecule has 0 aliphatic rings. The van der Waals surface area contributed by atoms with Crippen molar-refractivity contribution in [3.63, 3.8) is 0 Å². The van der Waals surface area contributed by atoms with E-state index < -0.39 is 17.9 Å². The van der Waals surface area contributed by atoms with E-state index >= 15 is 0 Å². The molecule has 0 heterocycles. The molecule has 0 aliphatic heterocycles. The monoisotopic (exact) mass is 642 g/mol. The number of carbonyl (C=O) groups excluding carboxylic acids is 2. The minimum absolute atomic E-state index is 0. The number of aryl methyl sites for hydroxylation is 2. The van der Waals surface area contributed by atoms with Crippen molar-refractivity contribution in [2.75, 3.05) is 0 Å². The number of hydrogen-bond acceptors (Lipinski definition) is 10. The Morgan fingerprint density at radius 2 is 0.915 bits per heavy atom. The number of benzene rings is 5. The van der Waals surface area contributed by atoms with Crippen molar-refractivity contribution in [1.29, 1.82) is 0 Å². The number of aromatic hydroxyl groups is 5. The normalized spacial score (nSPS) is 9.66. The van der Waals surface area contributed by atoms with Gasteiger partial charge in [-0.1, -0.05) is 7.43 Å². The molecule has 0 saturated carbocycles. The molecule has 244 valence electrons. The number of ether oxygens (including phenoxy) is 2. The maximum Gasteiger partial charge on any atom is 0.343 e. The van der Waals surface area contributed by atoms with Gasteiger partial charge in [0, 0.05) is 0 Å². The fourth-order valence-corrected chi connectivity index (χ4v) is 3.56. The number of carbonyl (C=O) groups is 3. The van der Waals surface area contributed by atoms with Crippen LogP contribution in [0, 0.1) is 13.8 Å². The van der Waals surface area contributed by atoms with Crippen LogP contribution < -0.4 is 9.47 Å². The first-order valence-electron chi connectivity index (χ1n) is 13.5. The maximum atomic E-state index is 12.1. The highest BCUT2D eigenvalue weighted by atomic mass is 16.5. The second kappa shape index (κ2) is 17.1. The number of aromatic carboxylic acids is 1. The first kappa shape index (κ1) is 36.7. The summed E-state index contributed by atoms with van der Waals surface area (Å²) in [5.74, 6) is -0.893. The molecule has 0 spiro atoms. The van der Waals surface area contributed by atoms with Gasteiger partial charge in [0.25, 0.3) is 0 Å². The molecule has 0 saturated heterocycles. The van der Waals surface area contributed by atoms with E-state index in [2.05, 4.69) is 0 Å². The third-order valence-electron chi connectivity index (χ3n) is 6.06. The predicted molar refractivity (Wildman–Crippen MR) is 174 cm³/mol. The van der Waals surface area contributed by atoms with Gasteiger partial charge >= 0.3 is 17.9 Å². The second-order valence-corrected chi connectivity index (χ2v) is 9.62. The summed E-state index contributed by atoms with van der Waals surface area (Å²) in [6, 6.07) is 25.8. The van der Waals surface area contributed by atoms with Crippen LogP contribution in [0.1, 0.15) is 49.6 Å². The van der Waals surface area contributed by atoms with Crippen molar-refractivity contribution in [2.24, 2.45) is 0 Å². The van der Waals surface area contributed by atoms with Crippen LogP contribution in [-0.4, -0.2) is 48.5 Å². The van der Waals surface area contributed by atoms with Crippen LogP contribution in [0.4, 0.5) is 0 Å². The number of hydrogen-bond donors (Lipinski definition) is 6. The fraction of sp³-hybridized carbons (Fsp3) is 0.0833. The third kappa shape index (κ3) is 11.5. The highest BCUT2D eigenvalue weighted by molar-refractivity contribution is 5.92. The highest BCUT2D eigenvalue weighted by Crippen LogP contribution is 2.25. The van der Waals surface area contributed by atoms with Crippen LogP contribution in [0.2, 0.25) is 0 Å². The molecule has 47 heavy (non-hydrogen) atoms. The van der Waals surface area contributed by atoms with Crippen molar-refractivity contribution in [1.82, 2.24) is 0 Å². The number of esters is 2. The molecule has 0 aromatic heterocycles. The lowest BCUT2D eigenvalue weighted by molar-refractivity contribution is 0.0693. The van der Waals surface area contributed by atoms with Gasteiger partial charge in [0.15, 0.2) is 0 Å². The Hall–Kier alpha value is -6.49. The number of carboxylic acids is 1. The molecule has 5 rings (SSSR count). The van der Waals surface area contributed by atoms with Gasteiger partial charge < -0.3 is 40.1 Å². The highest BCUT2D eigenvalue weighted by Gasteiger charge is 2.13. The van der Waals surface area contributed by atoms with Crippen molar-refractivity contribution >= 4 is 17.9 Å². The summed E-state index contributed by atoms with van der Waals surface area (Å²) < 4.78 is 10.6. The maximum absolute atomic E-state index is 12.1. The van der Waals surface area contributed by atoms with E-state index in [1.165, 1.54) is 103 Å². The van der Waals surface area contributed by atoms with Crippen LogP contribution in [0.3, 0.4) is 0 Å². The molecule has 0 unspecified atom stereocenters. The molecule has 0 aliphatic carbocycles. The largest absolute Gasteiger partial charge is 0.508 e. The minimum Gasteiger partial charge on any atom is -0.508 e. The summed E-state index contributed by atoms with van der Waals surface area (Å²) >= 11 is 0. The Morgan fingerprint density at radius 3 is 1.32 bits per heavy atom. The molecule has 0 fully saturated rings. The summed E-state index contributed by atoms with van der Waals surface area (Å²) in [5.41, 5.74) is 2.08. The van der Waals surface area contributed by atoms with Crippen molar-refractivity contribution < 1.29 is 54.5 Å². The van der Waals surface area contributed by atoms with Crippen LogP contribution in [-0.2, 0) is 0 Å². The van der Waals surface area contributed by atoms with Crippen LogP contribution in [0.25, 0.3) is 0 Å². The van der Waals surface area contributed by atoms with Crippen molar-refractivity contribution in [3.05, 3.63) is 137 Å². The third-order valence-corrected chi connectivity index (χ3v) is 6.06. The molecule has 0 radical (unpaired) electrons. The summed E-state index contributed by atoms with van der Waals surface area (Å²) in [5, 5.41) is 53.4. The van der Waals surface area contributed by atoms with E-state index in [-0.39, 0.29) is 41.7 Å². The van der Waals surface area contributed by atoms with E-state index in [1.54, 1.807) is 19.9 Å². The average molecular weight is 643 g/mol. The lowest BCUT2D eigenvalue weighted by atomic mass is 10.2. The van der Waals surface area contributed by atoms with Gasteiger partial charge in [-0.2, -0.15) is 0 Å². The van der Waals surface area contributed by atoms with Crippen molar-refractivity contribution in [2.45, 2.75) is 21.3 Å². The number of carboxylic acid groups (broad SMARTS) is 1. The lowest BCUT2D eigenvalue weighted by Gasteiger charge is -2.10. The molecule has 11 nitrogen and oxygen atoms in total. The van der Waals surface area contributed by atoms with Crippen LogP contribution in [0.5, 0.6) is 40.2 Å². The number of phenols is 5. The average Bonchev–Trinajstić information content (AvgIpc) is 3.02. The first-order chi connectivity index (χ1) is 21.8. The quantitative estimate of drug-likeness (QED) is 0.0659. The zero-order chi connectivity index (χ0) is 33.8. The molecule has 5 aromatic rings. The van der Waals surface area contributed by atoms with E-state index in [9.17, 15) is 24.6 Å². The van der Waals surface area contributed by atoms with Gasteiger partial charge in [0.05, 0.1) is 16.7 Å². The van der Waals surface area contributed by atoms with Crippen molar-refractivity contribution in [3.8, 4) is 40.2 Å². The van der Waals surface area contributed by atoms with Crippen LogP contribution in [0.15, 0.2) is 109 Å². The fourth-order valence-electron chi connectivity index (χ4n) is 3.56. The number of rotatable bonds is 5. The van der Waals surface area contributed by atoms with E-state index in [0.717, 1.165) is 0 Å². The predicted octanol–water partition coefficient (Wildman–Crippen LogP) is 6.98. The summed E-state index contributed by atoms with van der Waals surface area (Å²) in [7, 11) is 0. The molecule has 0 amide bonds. The molecule has 0 atom stereocenters. The summed E-state index contributed by atoms with van der Waals surface area (Å²) in [4.78, 5) is 34.5. The molecular weight excluding hydrogens is 608 g/mol. The molecule has 0 bridgehead atoms. The summed E-state index contributed by atoms with van der Waals surface area (Å²) in [6.45, 7) is 3.45. The Balaban J connectivity index is 0.000000313. The standard InChI is InChI=1S/C21H16O6.C7H6O3.C7H8O2.CH4/c1-13-12-18(26-20(24)14-2-6-16(22)7-3-14)10-11-19(13)27-21(25)15-4-8-17(23)9-5-15;8-6-3-1-5(2-4-6)7(9)10;1-5-4-6(8)2-3-7(5)9;/h2-12,22-23H,1H3;1-4,8H,(H,9,10);2-4,8-9H,1H3;1H4. The van der Waals surface area contributed by atoms with Gasteiger partial charge in [0.2, 0.25) is 0 Å². The SMILES string of the molecule is C.Cc1cc(O)ccc1O.Cc1cc(OC(=O)c2ccc(O)cc2)ccc1OC(=O)c1ccc(O)cc1.O=C(O)c1ccc(O)cc1. The van der Waals surface area contributed by atoms with Crippen LogP contribution >= 0.6 is 0 Å². The Kier molecular flexibility index (Phi) is 13.4. The molecule has 11 heteroatoms. The minimum atomic E-state index is -0.986. The second-order valence-electron chi connectivity index (χ2n) is 9.62. The zero-order valence-corrected chi connectivity index (χ0v) is 24.6. The van der Waals surface area contributed by atoms with Gasteiger partial charge in [-0.15, -0.1) is 0 Å². The Morgan fingerprint density at radius 1 is 0.489 bits per heavy atom. The molecular formula is C36H34O11. The van der Waals surface area contributed by atoms with E-state index in [1.807, 2.05) is 0 Å². The van der Waals surface area contributed by atoms with Gasteiger partial charge in [-0.05, 0) is 134 Å². The first-order valence-corrected chi connectivity index (χ1v) is 13.5. The summed E-state index contributed by atoms with van der Waals surface area (Å²) in [6.07, 6.45) is 0. The zero-order valence-electron chi connectivity index (χ0n) is 24.6. The Labute approximate surface area is 270 Å².